The van der Waals surface area contributed by atoms with Crippen LogP contribution in [0.15, 0.2) is 30.5 Å². The Balaban J connectivity index is 1.59. The smallest absolute Gasteiger partial charge is 0.0751 e. The van der Waals surface area contributed by atoms with E-state index in [-0.39, 0.29) is 0 Å². The second-order valence-corrected chi connectivity index (χ2v) is 6.23. The molecule has 1 aromatic heterocycles. The molecule has 0 aliphatic heterocycles. The molecule has 2 saturated carbocycles. The maximum atomic E-state index is 6.25. The van der Waals surface area contributed by atoms with Crippen LogP contribution >= 0.6 is 11.6 Å². The van der Waals surface area contributed by atoms with Crippen LogP contribution in [0.4, 0.5) is 0 Å². The minimum atomic E-state index is 0.668. The highest BCUT2D eigenvalue weighted by Crippen LogP contribution is 2.49. The summed E-state index contributed by atoms with van der Waals surface area (Å²) in [6, 6.07) is 9.01. The van der Waals surface area contributed by atoms with E-state index in [0.29, 0.717) is 5.92 Å². The predicted octanol–water partition coefficient (Wildman–Crippen LogP) is 3.74. The van der Waals surface area contributed by atoms with Crippen LogP contribution in [-0.4, -0.2) is 17.6 Å². The van der Waals surface area contributed by atoms with E-state index in [9.17, 15) is 0 Å². The lowest BCUT2D eigenvalue weighted by atomic mass is 10.0. The quantitative estimate of drug-likeness (QED) is 0.917. The van der Waals surface area contributed by atoms with Gasteiger partial charge in [0.1, 0.15) is 0 Å². The van der Waals surface area contributed by atoms with Gasteiger partial charge in [0.25, 0.3) is 0 Å². The Kier molecular flexibility index (Phi) is 2.75. The van der Waals surface area contributed by atoms with E-state index in [2.05, 4.69) is 22.4 Å². The first-order chi connectivity index (χ1) is 9.33. The number of rotatable bonds is 4. The van der Waals surface area contributed by atoms with Crippen molar-refractivity contribution in [1.29, 1.82) is 0 Å². The number of halogens is 1. The first-order valence-electron chi connectivity index (χ1n) is 7.09. The molecule has 2 atom stereocenters. The molecule has 98 valence electrons. The van der Waals surface area contributed by atoms with Crippen LogP contribution in [0.3, 0.4) is 0 Å². The zero-order chi connectivity index (χ0) is 12.8. The third-order valence-corrected chi connectivity index (χ3v) is 4.65. The lowest BCUT2D eigenvalue weighted by Crippen LogP contribution is -2.19. The summed E-state index contributed by atoms with van der Waals surface area (Å²) in [5, 5.41) is 5.52. The maximum Gasteiger partial charge on any atom is 0.0751 e. The monoisotopic (exact) mass is 272 g/mol. The third-order valence-electron chi connectivity index (χ3n) is 4.32. The van der Waals surface area contributed by atoms with E-state index in [1.165, 1.54) is 24.8 Å². The van der Waals surface area contributed by atoms with Gasteiger partial charge in [0.15, 0.2) is 0 Å². The highest BCUT2D eigenvalue weighted by molar-refractivity contribution is 6.35. The van der Waals surface area contributed by atoms with Gasteiger partial charge in [-0.15, -0.1) is 0 Å². The molecule has 0 radical (unpaired) electrons. The number of benzene rings is 1. The Hall–Kier alpha value is -1.12. The summed E-state index contributed by atoms with van der Waals surface area (Å²) in [6.07, 6.45) is 5.88. The molecular formula is C16H17ClN2. The van der Waals surface area contributed by atoms with Gasteiger partial charge in [0.2, 0.25) is 0 Å². The van der Waals surface area contributed by atoms with Gasteiger partial charge < -0.3 is 5.32 Å². The van der Waals surface area contributed by atoms with Gasteiger partial charge in [-0.05, 0) is 61.4 Å². The molecule has 2 nitrogen and oxygen atoms in total. The second kappa shape index (κ2) is 4.46. The molecule has 1 aromatic carbocycles. The van der Waals surface area contributed by atoms with Crippen molar-refractivity contribution in [1.82, 2.24) is 10.3 Å². The van der Waals surface area contributed by atoms with Gasteiger partial charge in [0.05, 0.1) is 5.52 Å². The zero-order valence-electron chi connectivity index (χ0n) is 10.8. The number of hydrogen-bond acceptors (Lipinski definition) is 2. The molecule has 1 N–H and O–H groups in total. The van der Waals surface area contributed by atoms with Gasteiger partial charge in [-0.2, -0.15) is 0 Å². The molecule has 0 bridgehead atoms. The molecule has 3 heteroatoms. The van der Waals surface area contributed by atoms with Crippen molar-refractivity contribution in [3.63, 3.8) is 0 Å². The van der Waals surface area contributed by atoms with E-state index in [1.807, 2.05) is 18.3 Å². The highest BCUT2D eigenvalue weighted by atomic mass is 35.5. The Morgan fingerprint density at radius 3 is 3.00 bits per heavy atom. The first kappa shape index (κ1) is 11.7. The molecule has 2 aliphatic rings. The molecule has 2 unspecified atom stereocenters. The first-order valence-corrected chi connectivity index (χ1v) is 7.47. The number of nitrogens with one attached hydrogen (secondary N) is 1. The molecule has 19 heavy (non-hydrogen) atoms. The molecule has 4 rings (SSSR count). The molecule has 0 saturated heterocycles. The molecular weight excluding hydrogens is 256 g/mol. The van der Waals surface area contributed by atoms with Crippen molar-refractivity contribution < 1.29 is 0 Å². The summed E-state index contributed by atoms with van der Waals surface area (Å²) in [5.41, 5.74) is 2.47. The van der Waals surface area contributed by atoms with E-state index in [0.717, 1.165) is 34.4 Å². The van der Waals surface area contributed by atoms with Crippen molar-refractivity contribution in [2.75, 3.05) is 6.54 Å². The number of pyridine rings is 1. The maximum absolute atomic E-state index is 6.25. The van der Waals surface area contributed by atoms with Gasteiger partial charge in [-0.25, -0.2) is 0 Å². The van der Waals surface area contributed by atoms with E-state index in [4.69, 9.17) is 11.6 Å². The molecule has 0 spiro atoms. The zero-order valence-corrected chi connectivity index (χ0v) is 11.5. The lowest BCUT2D eigenvalue weighted by Gasteiger charge is -2.07. The minimum absolute atomic E-state index is 0.668. The normalized spacial score (nSPS) is 25.7. The average molecular weight is 273 g/mol. The summed E-state index contributed by atoms with van der Waals surface area (Å²) in [6.45, 7) is 1.16. The van der Waals surface area contributed by atoms with Crippen LogP contribution in [0, 0.1) is 5.92 Å². The molecule has 2 aromatic rings. The highest BCUT2D eigenvalue weighted by Gasteiger charge is 2.40. The largest absolute Gasteiger partial charge is 0.314 e. The Labute approximate surface area is 118 Å². The van der Waals surface area contributed by atoms with Crippen LogP contribution in [0.1, 0.15) is 30.7 Å². The number of aromatic nitrogens is 1. The molecule has 1 heterocycles. The van der Waals surface area contributed by atoms with E-state index < -0.39 is 0 Å². The van der Waals surface area contributed by atoms with Crippen LogP contribution in [-0.2, 0) is 0 Å². The topological polar surface area (TPSA) is 24.9 Å². The molecule has 2 aliphatic carbocycles. The SMILES string of the molecule is Clc1ccc(C2CC2CNC2CC2)c2ncccc12. The number of fused-ring (bicyclic) bond motifs is 1. The van der Waals surface area contributed by atoms with Crippen molar-refractivity contribution in [3.05, 3.63) is 41.0 Å². The fourth-order valence-electron chi connectivity index (χ4n) is 2.92. The fourth-order valence-corrected chi connectivity index (χ4v) is 3.13. The van der Waals surface area contributed by atoms with Gasteiger partial charge >= 0.3 is 0 Å². The van der Waals surface area contributed by atoms with Crippen molar-refractivity contribution in [3.8, 4) is 0 Å². The van der Waals surface area contributed by atoms with Gasteiger partial charge in [0, 0.05) is 22.6 Å². The fraction of sp³-hybridized carbons (Fsp3) is 0.438. The van der Waals surface area contributed by atoms with Crippen molar-refractivity contribution in [2.24, 2.45) is 5.92 Å². The van der Waals surface area contributed by atoms with Crippen molar-refractivity contribution >= 4 is 22.5 Å². The summed E-state index contributed by atoms with van der Waals surface area (Å²) in [5.74, 6) is 1.45. The molecule has 0 amide bonds. The van der Waals surface area contributed by atoms with Gasteiger partial charge in [-0.3, -0.25) is 4.98 Å². The summed E-state index contributed by atoms with van der Waals surface area (Å²) < 4.78 is 0. The van der Waals surface area contributed by atoms with Crippen molar-refractivity contribution in [2.45, 2.75) is 31.2 Å². The standard InChI is InChI=1S/C16H17ClN2/c17-15-6-5-12(16-13(15)2-1-7-18-16)14-8-10(14)9-19-11-3-4-11/h1-2,5-7,10-11,14,19H,3-4,8-9H2. The van der Waals surface area contributed by atoms with E-state index in [1.54, 1.807) is 0 Å². The summed E-state index contributed by atoms with van der Waals surface area (Å²) >= 11 is 6.25. The average Bonchev–Trinajstić information content (AvgIpc) is 3.32. The Morgan fingerprint density at radius 1 is 1.26 bits per heavy atom. The Morgan fingerprint density at radius 2 is 2.16 bits per heavy atom. The molecule has 2 fully saturated rings. The van der Waals surface area contributed by atoms with Crippen LogP contribution in [0.5, 0.6) is 0 Å². The Bertz CT molecular complexity index is 621. The predicted molar refractivity (Wildman–Crippen MR) is 78.6 cm³/mol. The van der Waals surface area contributed by atoms with Crippen LogP contribution in [0.2, 0.25) is 5.02 Å². The van der Waals surface area contributed by atoms with Crippen LogP contribution < -0.4 is 5.32 Å². The van der Waals surface area contributed by atoms with E-state index >= 15 is 0 Å². The summed E-state index contributed by atoms with van der Waals surface area (Å²) in [4.78, 5) is 4.54. The minimum Gasteiger partial charge on any atom is -0.314 e. The van der Waals surface area contributed by atoms with Crippen LogP contribution in [0.25, 0.3) is 10.9 Å². The lowest BCUT2D eigenvalue weighted by molar-refractivity contribution is 0.624. The third kappa shape index (κ3) is 2.24. The number of nitrogens with zero attached hydrogens (tertiary/aromatic N) is 1. The summed E-state index contributed by atoms with van der Waals surface area (Å²) in [7, 11) is 0. The second-order valence-electron chi connectivity index (χ2n) is 5.82. The number of hydrogen-bond donors (Lipinski definition) is 1. The van der Waals surface area contributed by atoms with Gasteiger partial charge in [-0.1, -0.05) is 17.7 Å².